The summed E-state index contributed by atoms with van der Waals surface area (Å²) in [5, 5.41) is 10.4. The van der Waals surface area contributed by atoms with E-state index < -0.39 is 11.4 Å². The fourth-order valence-corrected chi connectivity index (χ4v) is 1.88. The first-order chi connectivity index (χ1) is 8.47. The van der Waals surface area contributed by atoms with Crippen molar-refractivity contribution < 1.29 is 9.50 Å². The first-order valence-electron chi connectivity index (χ1n) is 5.42. The van der Waals surface area contributed by atoms with Crippen LogP contribution in [-0.2, 0) is 12.0 Å². The molecule has 5 heteroatoms. The van der Waals surface area contributed by atoms with Crippen molar-refractivity contribution in [1.82, 2.24) is 9.97 Å². The van der Waals surface area contributed by atoms with Crippen molar-refractivity contribution in [2.24, 2.45) is 0 Å². The summed E-state index contributed by atoms with van der Waals surface area (Å²) in [4.78, 5) is 8.10. The summed E-state index contributed by atoms with van der Waals surface area (Å²) >= 11 is 3.30. The van der Waals surface area contributed by atoms with Crippen molar-refractivity contribution in [3.8, 4) is 0 Å². The molecule has 3 nitrogen and oxygen atoms in total. The first kappa shape index (κ1) is 13.1. The number of hydrogen-bond acceptors (Lipinski definition) is 3. The summed E-state index contributed by atoms with van der Waals surface area (Å²) in [6.07, 6.45) is 3.08. The van der Waals surface area contributed by atoms with Crippen LogP contribution in [0.4, 0.5) is 4.39 Å². The highest BCUT2D eigenvalue weighted by molar-refractivity contribution is 9.10. The second-order valence-electron chi connectivity index (χ2n) is 4.28. The van der Waals surface area contributed by atoms with E-state index in [9.17, 15) is 9.50 Å². The second kappa shape index (κ2) is 5.12. The SMILES string of the molecule is CC(O)(Cc1ccc(Br)cn1)c1ccc(F)cn1. The normalized spacial score (nSPS) is 14.2. The first-order valence-corrected chi connectivity index (χ1v) is 6.21. The molecule has 2 aromatic heterocycles. The van der Waals surface area contributed by atoms with Gasteiger partial charge in [0.25, 0.3) is 0 Å². The van der Waals surface area contributed by atoms with E-state index in [-0.39, 0.29) is 0 Å². The lowest BCUT2D eigenvalue weighted by Gasteiger charge is -2.22. The lowest BCUT2D eigenvalue weighted by Crippen LogP contribution is -2.26. The number of aromatic nitrogens is 2. The van der Waals surface area contributed by atoms with Gasteiger partial charge >= 0.3 is 0 Å². The van der Waals surface area contributed by atoms with Crippen molar-refractivity contribution in [2.45, 2.75) is 18.9 Å². The number of nitrogens with zero attached hydrogens (tertiary/aromatic N) is 2. The fourth-order valence-electron chi connectivity index (χ4n) is 1.65. The maximum Gasteiger partial charge on any atom is 0.141 e. The van der Waals surface area contributed by atoms with Gasteiger partial charge in [-0.3, -0.25) is 9.97 Å². The van der Waals surface area contributed by atoms with Gasteiger partial charge in [-0.05, 0) is 47.1 Å². The van der Waals surface area contributed by atoms with Gasteiger partial charge in [0.05, 0.1) is 11.9 Å². The predicted octanol–water partition coefficient (Wildman–Crippen LogP) is 2.83. The van der Waals surface area contributed by atoms with Crippen LogP contribution in [0, 0.1) is 5.82 Å². The van der Waals surface area contributed by atoms with Gasteiger partial charge in [0.2, 0.25) is 0 Å². The predicted molar refractivity (Wildman–Crippen MR) is 69.4 cm³/mol. The molecule has 94 valence electrons. The summed E-state index contributed by atoms with van der Waals surface area (Å²) in [5.74, 6) is -0.420. The Kier molecular flexibility index (Phi) is 3.73. The smallest absolute Gasteiger partial charge is 0.141 e. The summed E-state index contributed by atoms with van der Waals surface area (Å²) in [5.41, 5.74) is -0.00270. The zero-order valence-electron chi connectivity index (χ0n) is 9.77. The van der Waals surface area contributed by atoms with Gasteiger partial charge in [-0.2, -0.15) is 0 Å². The molecule has 0 aliphatic rings. The van der Waals surface area contributed by atoms with Crippen LogP contribution >= 0.6 is 15.9 Å². The Morgan fingerprint density at radius 3 is 2.56 bits per heavy atom. The minimum Gasteiger partial charge on any atom is -0.383 e. The Labute approximate surface area is 113 Å². The lowest BCUT2D eigenvalue weighted by molar-refractivity contribution is 0.0519. The minimum absolute atomic E-state index is 0.318. The van der Waals surface area contributed by atoms with E-state index in [1.54, 1.807) is 13.1 Å². The molecule has 0 aromatic carbocycles. The molecular formula is C13H12BrFN2O. The van der Waals surface area contributed by atoms with E-state index in [0.717, 1.165) is 16.4 Å². The monoisotopic (exact) mass is 310 g/mol. The largest absolute Gasteiger partial charge is 0.383 e. The van der Waals surface area contributed by atoms with E-state index in [1.807, 2.05) is 12.1 Å². The molecule has 0 fully saturated rings. The molecule has 2 heterocycles. The van der Waals surface area contributed by atoms with Crippen molar-refractivity contribution in [3.05, 3.63) is 58.3 Å². The molecule has 2 rings (SSSR count). The third-order valence-electron chi connectivity index (χ3n) is 2.59. The van der Waals surface area contributed by atoms with Crippen LogP contribution < -0.4 is 0 Å². The molecule has 0 bridgehead atoms. The van der Waals surface area contributed by atoms with E-state index >= 15 is 0 Å². The second-order valence-corrected chi connectivity index (χ2v) is 5.20. The zero-order chi connectivity index (χ0) is 13.2. The zero-order valence-corrected chi connectivity index (χ0v) is 11.4. The number of halogens is 2. The third kappa shape index (κ3) is 3.11. The molecule has 18 heavy (non-hydrogen) atoms. The lowest BCUT2D eigenvalue weighted by atomic mass is 9.95. The van der Waals surface area contributed by atoms with Gasteiger partial charge in [0.15, 0.2) is 0 Å². The third-order valence-corrected chi connectivity index (χ3v) is 3.06. The van der Waals surface area contributed by atoms with Gasteiger partial charge in [-0.15, -0.1) is 0 Å². The van der Waals surface area contributed by atoms with Crippen molar-refractivity contribution in [1.29, 1.82) is 0 Å². The maximum atomic E-state index is 12.8. The van der Waals surface area contributed by atoms with Crippen molar-refractivity contribution in [2.75, 3.05) is 0 Å². The van der Waals surface area contributed by atoms with Crippen molar-refractivity contribution >= 4 is 15.9 Å². The van der Waals surface area contributed by atoms with Crippen LogP contribution in [0.5, 0.6) is 0 Å². The Morgan fingerprint density at radius 1 is 1.22 bits per heavy atom. The molecule has 0 amide bonds. The number of aliphatic hydroxyl groups is 1. The van der Waals surface area contributed by atoms with E-state index in [0.29, 0.717) is 12.1 Å². The summed E-state index contributed by atoms with van der Waals surface area (Å²) < 4.78 is 13.7. The average Bonchev–Trinajstić information content (AvgIpc) is 2.32. The van der Waals surface area contributed by atoms with Gasteiger partial charge in [0.1, 0.15) is 11.4 Å². The molecule has 1 atom stereocenters. The molecule has 1 N–H and O–H groups in total. The number of pyridine rings is 2. The highest BCUT2D eigenvalue weighted by Gasteiger charge is 2.25. The maximum absolute atomic E-state index is 12.8. The van der Waals surface area contributed by atoms with Crippen LogP contribution in [0.1, 0.15) is 18.3 Å². The van der Waals surface area contributed by atoms with Gasteiger partial charge in [-0.1, -0.05) is 0 Å². The minimum atomic E-state index is -1.17. The summed E-state index contributed by atoms with van der Waals surface area (Å²) in [6, 6.07) is 6.44. The Balaban J connectivity index is 2.20. The topological polar surface area (TPSA) is 46.0 Å². The standard InChI is InChI=1S/C13H12BrFN2O/c1-13(18,12-5-3-10(15)8-17-12)6-11-4-2-9(14)7-16-11/h2-5,7-8,18H,6H2,1H3. The molecule has 0 saturated carbocycles. The van der Waals surface area contributed by atoms with Gasteiger partial charge in [0, 0.05) is 22.8 Å². The van der Waals surface area contributed by atoms with Crippen molar-refractivity contribution in [3.63, 3.8) is 0 Å². The quantitative estimate of drug-likeness (QED) is 0.948. The van der Waals surface area contributed by atoms with Crippen LogP contribution in [-0.4, -0.2) is 15.1 Å². The molecule has 0 spiro atoms. The molecule has 0 saturated heterocycles. The van der Waals surface area contributed by atoms with Gasteiger partial charge < -0.3 is 5.11 Å². The van der Waals surface area contributed by atoms with E-state index in [1.165, 1.54) is 12.1 Å². The molecule has 0 aliphatic carbocycles. The van der Waals surface area contributed by atoms with Gasteiger partial charge in [-0.25, -0.2) is 4.39 Å². The van der Waals surface area contributed by atoms with Crippen LogP contribution in [0.15, 0.2) is 41.1 Å². The van der Waals surface area contributed by atoms with Crippen LogP contribution in [0.3, 0.4) is 0 Å². The van der Waals surface area contributed by atoms with Crippen LogP contribution in [0.25, 0.3) is 0 Å². The Morgan fingerprint density at radius 2 is 2.00 bits per heavy atom. The average molecular weight is 311 g/mol. The highest BCUT2D eigenvalue weighted by Crippen LogP contribution is 2.23. The summed E-state index contributed by atoms with van der Waals surface area (Å²) in [7, 11) is 0. The Hall–Kier alpha value is -1.33. The number of hydrogen-bond donors (Lipinski definition) is 1. The fraction of sp³-hybridized carbons (Fsp3) is 0.231. The Bertz CT molecular complexity index is 526. The van der Waals surface area contributed by atoms with E-state index in [2.05, 4.69) is 25.9 Å². The molecular weight excluding hydrogens is 299 g/mol. The molecule has 0 radical (unpaired) electrons. The van der Waals surface area contributed by atoms with Crippen LogP contribution in [0.2, 0.25) is 0 Å². The number of rotatable bonds is 3. The molecule has 0 aliphatic heterocycles. The summed E-state index contributed by atoms with van der Waals surface area (Å²) in [6.45, 7) is 1.64. The highest BCUT2D eigenvalue weighted by atomic mass is 79.9. The molecule has 2 aromatic rings. The van der Waals surface area contributed by atoms with E-state index in [4.69, 9.17) is 0 Å². The molecule has 1 unspecified atom stereocenters.